The molecule has 0 aliphatic heterocycles. The monoisotopic (exact) mass is 281 g/mol. The Morgan fingerprint density at radius 3 is 3.00 bits per heavy atom. The molecule has 0 radical (unpaired) electrons. The zero-order valence-corrected chi connectivity index (χ0v) is 11.0. The number of rotatable bonds is 5. The minimum Gasteiger partial charge on any atom is -0.444 e. The standard InChI is InChI=1S/C12H12ClN3O3/c1-2-14-6-8-7-19-12(15-8)11-9(13)4-3-5-10(11)16(17)18/h3-5,7,14H,2,6H2,1H3. The Morgan fingerprint density at radius 1 is 1.53 bits per heavy atom. The minimum atomic E-state index is -0.505. The predicted molar refractivity (Wildman–Crippen MR) is 71.0 cm³/mol. The first-order valence-corrected chi connectivity index (χ1v) is 6.09. The van der Waals surface area contributed by atoms with Gasteiger partial charge in [0.05, 0.1) is 15.6 Å². The van der Waals surface area contributed by atoms with E-state index in [-0.39, 0.29) is 22.2 Å². The molecule has 1 heterocycles. The van der Waals surface area contributed by atoms with Gasteiger partial charge in [0.15, 0.2) is 0 Å². The number of oxazole rings is 1. The van der Waals surface area contributed by atoms with Gasteiger partial charge < -0.3 is 9.73 Å². The van der Waals surface area contributed by atoms with Crippen molar-refractivity contribution in [3.63, 3.8) is 0 Å². The van der Waals surface area contributed by atoms with Gasteiger partial charge >= 0.3 is 0 Å². The van der Waals surface area contributed by atoms with Crippen molar-refractivity contribution in [2.24, 2.45) is 0 Å². The molecule has 0 bridgehead atoms. The Kier molecular flexibility index (Phi) is 4.13. The summed E-state index contributed by atoms with van der Waals surface area (Å²) in [6.07, 6.45) is 1.46. The molecule has 2 aromatic rings. The first kappa shape index (κ1) is 13.5. The van der Waals surface area contributed by atoms with Crippen LogP contribution in [0.3, 0.4) is 0 Å². The number of benzene rings is 1. The molecule has 0 aliphatic carbocycles. The molecule has 19 heavy (non-hydrogen) atoms. The summed E-state index contributed by atoms with van der Waals surface area (Å²) in [5.74, 6) is 0.158. The van der Waals surface area contributed by atoms with Gasteiger partial charge in [0, 0.05) is 12.6 Å². The summed E-state index contributed by atoms with van der Waals surface area (Å²) in [7, 11) is 0. The van der Waals surface area contributed by atoms with E-state index in [4.69, 9.17) is 16.0 Å². The van der Waals surface area contributed by atoms with Gasteiger partial charge in [-0.3, -0.25) is 10.1 Å². The fourth-order valence-electron chi connectivity index (χ4n) is 1.63. The molecule has 0 unspecified atom stereocenters. The normalized spacial score (nSPS) is 10.6. The maximum absolute atomic E-state index is 11.0. The number of nitro groups is 1. The lowest BCUT2D eigenvalue weighted by Crippen LogP contribution is -2.11. The second-order valence-electron chi connectivity index (χ2n) is 3.82. The smallest absolute Gasteiger partial charge is 0.283 e. The summed E-state index contributed by atoms with van der Waals surface area (Å²) in [6.45, 7) is 3.31. The van der Waals surface area contributed by atoms with Crippen LogP contribution in [0.2, 0.25) is 5.02 Å². The Morgan fingerprint density at radius 2 is 2.32 bits per heavy atom. The first-order valence-electron chi connectivity index (χ1n) is 5.72. The maximum Gasteiger partial charge on any atom is 0.283 e. The van der Waals surface area contributed by atoms with E-state index in [0.717, 1.165) is 6.54 Å². The SMILES string of the molecule is CCNCc1coc(-c2c(Cl)cccc2[N+](=O)[O-])n1. The quantitative estimate of drug-likeness (QED) is 0.673. The Balaban J connectivity index is 2.41. The van der Waals surface area contributed by atoms with Crippen LogP contribution in [-0.4, -0.2) is 16.5 Å². The van der Waals surface area contributed by atoms with E-state index in [9.17, 15) is 10.1 Å². The third-order valence-electron chi connectivity index (χ3n) is 2.51. The number of nitrogens with zero attached hydrogens (tertiary/aromatic N) is 2. The summed E-state index contributed by atoms with van der Waals surface area (Å²) in [6, 6.07) is 4.46. The van der Waals surface area contributed by atoms with Crippen LogP contribution in [0.25, 0.3) is 11.5 Å². The van der Waals surface area contributed by atoms with Crippen molar-refractivity contribution in [2.45, 2.75) is 13.5 Å². The van der Waals surface area contributed by atoms with Crippen LogP contribution in [-0.2, 0) is 6.54 Å². The van der Waals surface area contributed by atoms with Gasteiger partial charge in [0.2, 0.25) is 5.89 Å². The number of halogens is 1. The first-order chi connectivity index (χ1) is 9.13. The highest BCUT2D eigenvalue weighted by atomic mass is 35.5. The van der Waals surface area contributed by atoms with E-state index < -0.39 is 4.92 Å². The van der Waals surface area contributed by atoms with Gasteiger partial charge in [-0.1, -0.05) is 24.6 Å². The highest BCUT2D eigenvalue weighted by Crippen LogP contribution is 2.35. The topological polar surface area (TPSA) is 81.2 Å². The summed E-state index contributed by atoms with van der Waals surface area (Å²) in [5, 5.41) is 14.3. The molecule has 1 N–H and O–H groups in total. The lowest BCUT2D eigenvalue weighted by atomic mass is 10.2. The van der Waals surface area contributed by atoms with Crippen molar-refractivity contribution in [3.05, 3.63) is 45.3 Å². The molecular weight excluding hydrogens is 270 g/mol. The van der Waals surface area contributed by atoms with Crippen LogP contribution in [0.15, 0.2) is 28.9 Å². The summed E-state index contributed by atoms with van der Waals surface area (Å²) in [4.78, 5) is 14.7. The lowest BCUT2D eigenvalue weighted by Gasteiger charge is -2.00. The highest BCUT2D eigenvalue weighted by Gasteiger charge is 2.22. The van der Waals surface area contributed by atoms with Gasteiger partial charge in [-0.05, 0) is 12.6 Å². The molecule has 6 nitrogen and oxygen atoms in total. The molecule has 1 aromatic heterocycles. The molecule has 0 amide bonds. The third kappa shape index (κ3) is 2.91. The fourth-order valence-corrected chi connectivity index (χ4v) is 1.88. The summed E-state index contributed by atoms with van der Waals surface area (Å²) in [5.41, 5.74) is 0.757. The molecule has 0 spiro atoms. The van der Waals surface area contributed by atoms with E-state index in [2.05, 4.69) is 10.3 Å². The van der Waals surface area contributed by atoms with Crippen LogP contribution >= 0.6 is 11.6 Å². The number of nitro benzene ring substituents is 1. The highest BCUT2D eigenvalue weighted by molar-refractivity contribution is 6.33. The van der Waals surface area contributed by atoms with Crippen LogP contribution in [0.4, 0.5) is 5.69 Å². The zero-order valence-electron chi connectivity index (χ0n) is 10.2. The average Bonchev–Trinajstić information content (AvgIpc) is 2.84. The molecule has 0 aliphatic rings. The molecule has 7 heteroatoms. The van der Waals surface area contributed by atoms with Crippen molar-refractivity contribution >= 4 is 17.3 Å². The second-order valence-corrected chi connectivity index (χ2v) is 4.22. The van der Waals surface area contributed by atoms with Gasteiger partial charge in [0.1, 0.15) is 11.8 Å². The van der Waals surface area contributed by atoms with Gasteiger partial charge in [-0.2, -0.15) is 0 Å². The maximum atomic E-state index is 11.0. The molecule has 100 valence electrons. The fraction of sp³-hybridized carbons (Fsp3) is 0.250. The molecule has 0 saturated carbocycles. The predicted octanol–water partition coefficient (Wildman–Crippen LogP) is 3.01. The molecular formula is C12H12ClN3O3. The number of hydrogen-bond donors (Lipinski definition) is 1. The van der Waals surface area contributed by atoms with E-state index in [1.807, 2.05) is 6.92 Å². The number of aromatic nitrogens is 1. The van der Waals surface area contributed by atoms with Crippen LogP contribution in [0.1, 0.15) is 12.6 Å². The largest absolute Gasteiger partial charge is 0.444 e. The average molecular weight is 282 g/mol. The molecule has 1 aromatic carbocycles. The Bertz CT molecular complexity index is 598. The van der Waals surface area contributed by atoms with Crippen molar-refractivity contribution < 1.29 is 9.34 Å². The van der Waals surface area contributed by atoms with E-state index in [1.165, 1.54) is 18.4 Å². The molecule has 0 atom stereocenters. The van der Waals surface area contributed by atoms with Crippen molar-refractivity contribution in [3.8, 4) is 11.5 Å². The van der Waals surface area contributed by atoms with E-state index in [1.54, 1.807) is 6.07 Å². The number of hydrogen-bond acceptors (Lipinski definition) is 5. The van der Waals surface area contributed by atoms with Gasteiger partial charge in [-0.25, -0.2) is 4.98 Å². The molecule has 2 rings (SSSR count). The zero-order chi connectivity index (χ0) is 13.8. The van der Waals surface area contributed by atoms with E-state index in [0.29, 0.717) is 12.2 Å². The van der Waals surface area contributed by atoms with E-state index >= 15 is 0 Å². The number of nitrogens with one attached hydrogen (secondary N) is 1. The molecule has 0 fully saturated rings. The Hall–Kier alpha value is -1.92. The lowest BCUT2D eigenvalue weighted by molar-refractivity contribution is -0.384. The molecule has 0 saturated heterocycles. The summed E-state index contributed by atoms with van der Waals surface area (Å²) >= 11 is 6.00. The van der Waals surface area contributed by atoms with Crippen molar-refractivity contribution in [2.75, 3.05) is 6.54 Å². The van der Waals surface area contributed by atoms with Crippen LogP contribution < -0.4 is 5.32 Å². The second kappa shape index (κ2) is 5.81. The van der Waals surface area contributed by atoms with Crippen LogP contribution in [0, 0.1) is 10.1 Å². The van der Waals surface area contributed by atoms with Crippen molar-refractivity contribution in [1.82, 2.24) is 10.3 Å². The summed E-state index contributed by atoms with van der Waals surface area (Å²) < 4.78 is 5.28. The van der Waals surface area contributed by atoms with Gasteiger partial charge in [-0.15, -0.1) is 0 Å². The van der Waals surface area contributed by atoms with Gasteiger partial charge in [0.25, 0.3) is 5.69 Å². The third-order valence-corrected chi connectivity index (χ3v) is 2.83. The van der Waals surface area contributed by atoms with Crippen molar-refractivity contribution in [1.29, 1.82) is 0 Å². The Labute approximate surface area is 114 Å². The van der Waals surface area contributed by atoms with Crippen LogP contribution in [0.5, 0.6) is 0 Å². The minimum absolute atomic E-state index is 0.121.